The van der Waals surface area contributed by atoms with E-state index in [1.165, 1.54) is 0 Å². The van der Waals surface area contributed by atoms with Crippen molar-refractivity contribution in [1.29, 1.82) is 0 Å². The molecule has 0 amide bonds. The Balaban J connectivity index is 0. The summed E-state index contributed by atoms with van der Waals surface area (Å²) in [5.74, 6) is 0. The maximum atomic E-state index is 8.77. The molecule has 56 valence electrons. The lowest BCUT2D eigenvalue weighted by Crippen LogP contribution is -1.93. The summed E-state index contributed by atoms with van der Waals surface area (Å²) in [4.78, 5) is 8.77. The topological polar surface area (TPSA) is 57.5 Å². The Morgan fingerprint density at radius 1 is 1.78 bits per heavy atom. The van der Waals surface area contributed by atoms with Gasteiger partial charge in [0.05, 0.1) is 6.10 Å². The number of aliphatic hydroxyl groups excluding tert-OH is 1. The van der Waals surface area contributed by atoms with Crippen LogP contribution in [-0.2, 0) is 0 Å². The minimum atomic E-state index is -1.36. The second-order valence-electron chi connectivity index (χ2n) is 1.51. The van der Waals surface area contributed by atoms with Gasteiger partial charge in [-0.25, -0.2) is 4.79 Å². The molecule has 1 atom stereocenters. The molecule has 0 bridgehead atoms. The number of aliphatic hydroxyl groups is 1. The Morgan fingerprint density at radius 2 is 1.89 bits per heavy atom. The summed E-state index contributed by atoms with van der Waals surface area (Å²) < 4.78 is 0. The number of carbonyl (C=O) groups is 1. The molecular formula is C5H11ClO3. The van der Waals surface area contributed by atoms with Crippen molar-refractivity contribution in [2.24, 2.45) is 0 Å². The summed E-state index contributed by atoms with van der Waals surface area (Å²) in [6, 6.07) is 0. The first kappa shape index (κ1) is 11.5. The number of hydrogen-bond acceptors (Lipinski definition) is 2. The van der Waals surface area contributed by atoms with Crippen LogP contribution in [0.4, 0.5) is 4.79 Å². The van der Waals surface area contributed by atoms with E-state index >= 15 is 0 Å². The third-order valence-corrected chi connectivity index (χ3v) is 0.591. The summed E-state index contributed by atoms with van der Waals surface area (Å²) in [7, 11) is 0. The van der Waals surface area contributed by atoms with E-state index in [1.54, 1.807) is 6.92 Å². The van der Waals surface area contributed by atoms with Gasteiger partial charge in [0.1, 0.15) is 0 Å². The molecule has 2 N–H and O–H groups in total. The van der Waals surface area contributed by atoms with Crippen LogP contribution in [0, 0.1) is 0 Å². The Morgan fingerprint density at radius 3 is 1.89 bits per heavy atom. The standard InChI is InChI=1S/C4H10O.CHClO2/c1-3-4(2)5;2-1(3)4/h4-5H,3H2,1-2H3;(H,3,4). The van der Waals surface area contributed by atoms with E-state index < -0.39 is 5.43 Å². The van der Waals surface area contributed by atoms with E-state index in [0.29, 0.717) is 0 Å². The van der Waals surface area contributed by atoms with Crippen LogP contribution in [0.3, 0.4) is 0 Å². The molecule has 9 heavy (non-hydrogen) atoms. The van der Waals surface area contributed by atoms with Crippen LogP contribution in [-0.4, -0.2) is 21.7 Å². The quantitative estimate of drug-likeness (QED) is 0.565. The van der Waals surface area contributed by atoms with Crippen molar-refractivity contribution in [3.8, 4) is 0 Å². The average Bonchev–Trinajstić information content (AvgIpc) is 1.65. The second-order valence-corrected chi connectivity index (χ2v) is 1.83. The highest BCUT2D eigenvalue weighted by Gasteiger charge is 1.81. The van der Waals surface area contributed by atoms with Gasteiger partial charge in [-0.2, -0.15) is 0 Å². The van der Waals surface area contributed by atoms with Gasteiger partial charge in [0.2, 0.25) is 0 Å². The van der Waals surface area contributed by atoms with Gasteiger partial charge in [0.25, 0.3) is 0 Å². The molecule has 0 heterocycles. The highest BCUT2D eigenvalue weighted by Crippen LogP contribution is 1.81. The van der Waals surface area contributed by atoms with E-state index in [-0.39, 0.29) is 6.10 Å². The van der Waals surface area contributed by atoms with Crippen LogP contribution in [0.1, 0.15) is 20.3 Å². The zero-order valence-electron chi connectivity index (χ0n) is 5.47. The maximum absolute atomic E-state index is 8.77. The van der Waals surface area contributed by atoms with E-state index in [9.17, 15) is 0 Å². The fourth-order valence-corrected chi connectivity index (χ4v) is 0. The SMILES string of the molecule is CCC(C)O.O=C(O)Cl. The molecule has 0 aliphatic heterocycles. The van der Waals surface area contributed by atoms with E-state index in [4.69, 9.17) is 15.0 Å². The van der Waals surface area contributed by atoms with Crippen molar-refractivity contribution in [3.63, 3.8) is 0 Å². The van der Waals surface area contributed by atoms with Gasteiger partial charge < -0.3 is 10.2 Å². The van der Waals surface area contributed by atoms with Gasteiger partial charge in [-0.1, -0.05) is 6.92 Å². The third-order valence-electron chi connectivity index (χ3n) is 0.591. The molecule has 0 aromatic heterocycles. The van der Waals surface area contributed by atoms with E-state index in [2.05, 4.69) is 11.6 Å². The Kier molecular flexibility index (Phi) is 9.87. The summed E-state index contributed by atoms with van der Waals surface area (Å²) in [6.07, 6.45) is 0.745. The lowest BCUT2D eigenvalue weighted by Gasteiger charge is -1.90. The van der Waals surface area contributed by atoms with Crippen LogP contribution in [0.5, 0.6) is 0 Å². The monoisotopic (exact) mass is 154 g/mol. The second kappa shape index (κ2) is 7.72. The van der Waals surface area contributed by atoms with Gasteiger partial charge >= 0.3 is 5.43 Å². The minimum Gasteiger partial charge on any atom is -0.469 e. The molecule has 0 aromatic carbocycles. The first-order valence-corrected chi connectivity index (χ1v) is 2.95. The van der Waals surface area contributed by atoms with Gasteiger partial charge in [-0.05, 0) is 13.3 Å². The molecule has 0 fully saturated rings. The van der Waals surface area contributed by atoms with Gasteiger partial charge in [0, 0.05) is 11.6 Å². The highest BCUT2D eigenvalue weighted by molar-refractivity contribution is 6.60. The molecule has 0 aliphatic carbocycles. The zero-order valence-corrected chi connectivity index (χ0v) is 6.22. The Labute approximate surface area is 59.3 Å². The molecule has 0 rings (SSSR count). The summed E-state index contributed by atoms with van der Waals surface area (Å²) in [5, 5.41) is 15.5. The first-order chi connectivity index (χ1) is 4.00. The summed E-state index contributed by atoms with van der Waals surface area (Å²) >= 11 is 4.19. The predicted octanol–water partition coefficient (Wildman–Crippen LogP) is 1.68. The maximum Gasteiger partial charge on any atom is 0.401 e. The van der Waals surface area contributed by atoms with Crippen LogP contribution in [0.25, 0.3) is 0 Å². The van der Waals surface area contributed by atoms with E-state index in [0.717, 1.165) is 6.42 Å². The molecule has 0 saturated heterocycles. The molecule has 3 nitrogen and oxygen atoms in total. The van der Waals surface area contributed by atoms with Crippen molar-refractivity contribution in [3.05, 3.63) is 0 Å². The Bertz CT molecular complexity index is 68.6. The normalized spacial score (nSPS) is 11.1. The largest absolute Gasteiger partial charge is 0.469 e. The smallest absolute Gasteiger partial charge is 0.401 e. The zero-order chi connectivity index (χ0) is 7.86. The average molecular weight is 155 g/mol. The molecule has 0 spiro atoms. The van der Waals surface area contributed by atoms with Gasteiger partial charge in [-0.15, -0.1) is 0 Å². The molecule has 1 unspecified atom stereocenters. The van der Waals surface area contributed by atoms with Crippen LogP contribution >= 0.6 is 11.6 Å². The van der Waals surface area contributed by atoms with E-state index in [1.807, 2.05) is 6.92 Å². The third kappa shape index (κ3) is 85.4. The fourth-order valence-electron chi connectivity index (χ4n) is 0. The number of halogens is 1. The summed E-state index contributed by atoms with van der Waals surface area (Å²) in [5.41, 5.74) is -1.36. The lowest BCUT2D eigenvalue weighted by molar-refractivity contribution is 0.191. The number of hydrogen-bond donors (Lipinski definition) is 2. The van der Waals surface area contributed by atoms with Gasteiger partial charge in [0.15, 0.2) is 0 Å². The van der Waals surface area contributed by atoms with Crippen molar-refractivity contribution >= 4 is 17.0 Å². The van der Waals surface area contributed by atoms with Crippen molar-refractivity contribution < 1.29 is 15.0 Å². The molecule has 0 aliphatic rings. The summed E-state index contributed by atoms with van der Waals surface area (Å²) in [6.45, 7) is 3.73. The molecular weight excluding hydrogens is 144 g/mol. The van der Waals surface area contributed by atoms with Crippen LogP contribution in [0.2, 0.25) is 0 Å². The number of carboxylic acid groups (broad SMARTS) is 1. The number of rotatable bonds is 1. The first-order valence-electron chi connectivity index (χ1n) is 2.57. The molecule has 0 aromatic rings. The van der Waals surface area contributed by atoms with Crippen LogP contribution < -0.4 is 0 Å². The van der Waals surface area contributed by atoms with Crippen LogP contribution in [0.15, 0.2) is 0 Å². The minimum absolute atomic E-state index is 0.116. The highest BCUT2D eigenvalue weighted by atomic mass is 35.5. The Hall–Kier alpha value is -0.280. The van der Waals surface area contributed by atoms with Crippen molar-refractivity contribution in [1.82, 2.24) is 0 Å². The molecule has 0 saturated carbocycles. The van der Waals surface area contributed by atoms with Gasteiger partial charge in [-0.3, -0.25) is 0 Å². The molecule has 0 radical (unpaired) electrons. The lowest BCUT2D eigenvalue weighted by atomic mass is 10.3. The molecule has 4 heteroatoms. The fraction of sp³-hybridized carbons (Fsp3) is 0.800. The van der Waals surface area contributed by atoms with Crippen molar-refractivity contribution in [2.75, 3.05) is 0 Å². The predicted molar refractivity (Wildman–Crippen MR) is 35.8 cm³/mol. The van der Waals surface area contributed by atoms with Crippen molar-refractivity contribution in [2.45, 2.75) is 26.4 Å².